The molecule has 0 heterocycles. The maximum absolute atomic E-state index is 11.2. The van der Waals surface area contributed by atoms with E-state index in [2.05, 4.69) is 20.8 Å². The van der Waals surface area contributed by atoms with Crippen LogP contribution in [0.2, 0.25) is 0 Å². The summed E-state index contributed by atoms with van der Waals surface area (Å²) in [5.41, 5.74) is -0.162. The number of hydrogen-bond donors (Lipinski definition) is 1. The first kappa shape index (κ1) is 11.5. The summed E-state index contributed by atoms with van der Waals surface area (Å²) < 4.78 is 0. The number of hydrogen-bond acceptors (Lipinski definition) is 1. The predicted molar refractivity (Wildman–Crippen MR) is 57.2 cm³/mol. The van der Waals surface area contributed by atoms with E-state index in [1.807, 2.05) is 6.92 Å². The highest BCUT2D eigenvalue weighted by molar-refractivity contribution is 5.75. The van der Waals surface area contributed by atoms with E-state index in [4.69, 9.17) is 0 Å². The van der Waals surface area contributed by atoms with Gasteiger partial charge in [0.15, 0.2) is 0 Å². The summed E-state index contributed by atoms with van der Waals surface area (Å²) in [5.74, 6) is -0.0229. The van der Waals surface area contributed by atoms with Crippen LogP contribution in [-0.4, -0.2) is 11.1 Å². The molecule has 1 saturated carbocycles. The lowest BCUT2D eigenvalue weighted by atomic mass is 9.76. The number of aliphatic carboxylic acids is 1. The first-order chi connectivity index (χ1) is 6.32. The molecule has 1 aliphatic carbocycles. The number of carboxylic acids is 1. The van der Waals surface area contributed by atoms with Crippen LogP contribution in [0.25, 0.3) is 0 Å². The van der Waals surface area contributed by atoms with E-state index in [0.717, 1.165) is 25.7 Å². The highest BCUT2D eigenvalue weighted by Gasteiger charge is 2.46. The van der Waals surface area contributed by atoms with Gasteiger partial charge in [0.25, 0.3) is 0 Å². The Labute approximate surface area is 86.7 Å². The molecule has 0 spiro atoms. The van der Waals surface area contributed by atoms with Gasteiger partial charge in [-0.05, 0) is 37.0 Å². The van der Waals surface area contributed by atoms with Crippen LogP contribution in [0.4, 0.5) is 0 Å². The molecule has 2 heteroatoms. The second-order valence-electron chi connectivity index (χ2n) is 5.74. The second kappa shape index (κ2) is 3.56. The lowest BCUT2D eigenvalue weighted by molar-refractivity contribution is -0.149. The van der Waals surface area contributed by atoms with Crippen molar-refractivity contribution in [3.63, 3.8) is 0 Å². The largest absolute Gasteiger partial charge is 0.481 e. The third kappa shape index (κ3) is 1.94. The fourth-order valence-electron chi connectivity index (χ4n) is 2.53. The molecular formula is C12H22O2. The summed E-state index contributed by atoms with van der Waals surface area (Å²) in [6.07, 6.45) is 3.57. The van der Waals surface area contributed by atoms with Crippen LogP contribution in [0.3, 0.4) is 0 Å². The van der Waals surface area contributed by atoms with Crippen LogP contribution in [0.15, 0.2) is 0 Å². The third-order valence-corrected chi connectivity index (χ3v) is 3.96. The van der Waals surface area contributed by atoms with Crippen LogP contribution in [0, 0.1) is 16.7 Å². The smallest absolute Gasteiger partial charge is 0.309 e. The minimum Gasteiger partial charge on any atom is -0.481 e. The molecule has 1 aliphatic rings. The van der Waals surface area contributed by atoms with E-state index >= 15 is 0 Å². The Kier molecular flexibility index (Phi) is 2.93. The average molecular weight is 198 g/mol. The van der Waals surface area contributed by atoms with Crippen LogP contribution in [0.1, 0.15) is 53.4 Å². The maximum Gasteiger partial charge on any atom is 0.309 e. The summed E-state index contributed by atoms with van der Waals surface area (Å²) in [5, 5.41) is 9.25. The lowest BCUT2D eigenvalue weighted by Crippen LogP contribution is -2.29. The van der Waals surface area contributed by atoms with Crippen molar-refractivity contribution in [2.75, 3.05) is 0 Å². The molecule has 0 aromatic rings. The van der Waals surface area contributed by atoms with Crippen molar-refractivity contribution in [1.82, 2.24) is 0 Å². The monoisotopic (exact) mass is 198 g/mol. The van der Waals surface area contributed by atoms with E-state index in [1.165, 1.54) is 0 Å². The normalized spacial score (nSPS) is 33.3. The maximum atomic E-state index is 11.2. The van der Waals surface area contributed by atoms with Gasteiger partial charge < -0.3 is 5.11 Å². The molecule has 0 aliphatic heterocycles. The third-order valence-electron chi connectivity index (χ3n) is 3.96. The Morgan fingerprint density at radius 2 is 2.07 bits per heavy atom. The molecule has 0 aromatic heterocycles. The Morgan fingerprint density at radius 3 is 2.29 bits per heavy atom. The molecule has 1 rings (SSSR count). The van der Waals surface area contributed by atoms with Crippen molar-refractivity contribution in [2.24, 2.45) is 16.7 Å². The molecule has 0 saturated heterocycles. The second-order valence-corrected chi connectivity index (χ2v) is 5.74. The molecule has 2 nitrogen and oxygen atoms in total. The van der Waals surface area contributed by atoms with Crippen molar-refractivity contribution in [2.45, 2.75) is 53.4 Å². The molecule has 0 radical (unpaired) electrons. The van der Waals surface area contributed by atoms with Gasteiger partial charge in [-0.2, -0.15) is 0 Å². The molecule has 2 unspecified atom stereocenters. The molecule has 0 amide bonds. The summed E-state index contributed by atoms with van der Waals surface area (Å²) in [6, 6.07) is 0. The van der Waals surface area contributed by atoms with E-state index in [0.29, 0.717) is 5.92 Å². The fourth-order valence-corrected chi connectivity index (χ4v) is 2.53. The zero-order valence-electron chi connectivity index (χ0n) is 9.76. The highest BCUT2D eigenvalue weighted by atomic mass is 16.4. The van der Waals surface area contributed by atoms with Crippen molar-refractivity contribution < 1.29 is 9.90 Å². The Hall–Kier alpha value is -0.530. The molecule has 0 aromatic carbocycles. The van der Waals surface area contributed by atoms with Gasteiger partial charge in [-0.15, -0.1) is 0 Å². The van der Waals surface area contributed by atoms with Gasteiger partial charge >= 0.3 is 5.97 Å². The lowest BCUT2D eigenvalue weighted by Gasteiger charge is -2.29. The minimum absolute atomic E-state index is 0.256. The first-order valence-electron chi connectivity index (χ1n) is 5.55. The summed E-state index contributed by atoms with van der Waals surface area (Å²) in [4.78, 5) is 11.2. The molecule has 82 valence electrons. The standard InChI is InChI=1S/C12H22O2/c1-5-12(10(13)14)7-6-9(8-12)11(2,3)4/h9H,5-8H2,1-4H3,(H,13,14). The van der Waals surface area contributed by atoms with E-state index < -0.39 is 11.4 Å². The Bertz CT molecular complexity index is 227. The molecule has 2 atom stereocenters. The number of carboxylic acid groups (broad SMARTS) is 1. The molecule has 0 bridgehead atoms. The van der Waals surface area contributed by atoms with Crippen LogP contribution >= 0.6 is 0 Å². The van der Waals surface area contributed by atoms with Crippen molar-refractivity contribution in [1.29, 1.82) is 0 Å². The van der Waals surface area contributed by atoms with Gasteiger partial charge in [0.05, 0.1) is 5.41 Å². The van der Waals surface area contributed by atoms with Gasteiger partial charge in [0.2, 0.25) is 0 Å². The van der Waals surface area contributed by atoms with Crippen molar-refractivity contribution in [3.05, 3.63) is 0 Å². The average Bonchev–Trinajstić information content (AvgIpc) is 2.47. The Morgan fingerprint density at radius 1 is 1.50 bits per heavy atom. The minimum atomic E-state index is -0.591. The zero-order chi connectivity index (χ0) is 11.0. The van der Waals surface area contributed by atoms with Gasteiger partial charge in [-0.25, -0.2) is 0 Å². The fraction of sp³-hybridized carbons (Fsp3) is 0.917. The van der Waals surface area contributed by atoms with Crippen molar-refractivity contribution >= 4 is 5.97 Å². The molecule has 1 N–H and O–H groups in total. The number of carbonyl (C=O) groups is 1. The summed E-state index contributed by atoms with van der Waals surface area (Å²) in [7, 11) is 0. The van der Waals surface area contributed by atoms with E-state index in [-0.39, 0.29) is 5.41 Å². The van der Waals surface area contributed by atoms with Gasteiger partial charge in [-0.3, -0.25) is 4.79 Å². The van der Waals surface area contributed by atoms with Gasteiger partial charge in [-0.1, -0.05) is 27.7 Å². The van der Waals surface area contributed by atoms with E-state index in [9.17, 15) is 9.90 Å². The highest BCUT2D eigenvalue weighted by Crippen LogP contribution is 2.50. The van der Waals surface area contributed by atoms with Crippen LogP contribution in [0.5, 0.6) is 0 Å². The molecular weight excluding hydrogens is 176 g/mol. The predicted octanol–water partition coefficient (Wildman–Crippen LogP) is 3.31. The molecule has 1 fully saturated rings. The zero-order valence-corrected chi connectivity index (χ0v) is 9.76. The van der Waals surface area contributed by atoms with Crippen LogP contribution in [-0.2, 0) is 4.79 Å². The van der Waals surface area contributed by atoms with Crippen LogP contribution < -0.4 is 0 Å². The summed E-state index contributed by atoms with van der Waals surface area (Å²) in [6.45, 7) is 8.64. The van der Waals surface area contributed by atoms with Gasteiger partial charge in [0.1, 0.15) is 0 Å². The number of rotatable bonds is 2. The quantitative estimate of drug-likeness (QED) is 0.739. The van der Waals surface area contributed by atoms with Gasteiger partial charge in [0, 0.05) is 0 Å². The van der Waals surface area contributed by atoms with E-state index in [1.54, 1.807) is 0 Å². The van der Waals surface area contributed by atoms with Crippen molar-refractivity contribution in [3.8, 4) is 0 Å². The molecule has 14 heavy (non-hydrogen) atoms. The SMILES string of the molecule is CCC1(C(=O)O)CCC(C(C)(C)C)C1. The topological polar surface area (TPSA) is 37.3 Å². The summed E-state index contributed by atoms with van der Waals surface area (Å²) >= 11 is 0. The first-order valence-corrected chi connectivity index (χ1v) is 5.55. The Balaban J connectivity index is 2.76.